The molecule has 2 aromatic rings. The van der Waals surface area contributed by atoms with Crippen molar-refractivity contribution < 1.29 is 4.79 Å². The molecule has 1 unspecified atom stereocenters. The minimum atomic E-state index is -0.338. The van der Waals surface area contributed by atoms with Gasteiger partial charge in [-0.15, -0.1) is 0 Å². The van der Waals surface area contributed by atoms with Crippen LogP contribution in [0.4, 0.5) is 0 Å². The molecule has 1 saturated heterocycles. The topological polar surface area (TPSA) is 112 Å². The zero-order valence-corrected chi connectivity index (χ0v) is 16.5. The molecular formula is C20H25N5O3. The first kappa shape index (κ1) is 18.6. The molecule has 0 aromatic carbocycles. The van der Waals surface area contributed by atoms with Gasteiger partial charge < -0.3 is 14.9 Å². The van der Waals surface area contributed by atoms with Gasteiger partial charge in [-0.05, 0) is 25.7 Å². The highest BCUT2D eigenvalue weighted by atomic mass is 16.2. The fraction of sp³-hybridized carbons (Fsp3) is 0.550. The Kier molecular flexibility index (Phi) is 4.24. The van der Waals surface area contributed by atoms with Crippen LogP contribution < -0.4 is 11.1 Å². The van der Waals surface area contributed by atoms with E-state index in [4.69, 9.17) is 4.98 Å². The number of H-pyrrole nitrogens is 2. The molecule has 8 heteroatoms. The smallest absolute Gasteiger partial charge is 0.273 e. The third-order valence-electron chi connectivity index (χ3n) is 5.84. The van der Waals surface area contributed by atoms with Crippen LogP contribution in [0.1, 0.15) is 67.6 Å². The number of hydrogen-bond donors (Lipinski definition) is 2. The second-order valence-corrected chi connectivity index (χ2v) is 8.90. The maximum Gasteiger partial charge on any atom is 0.273 e. The van der Waals surface area contributed by atoms with Crippen molar-refractivity contribution in [3.63, 3.8) is 0 Å². The van der Waals surface area contributed by atoms with E-state index in [2.05, 4.69) is 15.0 Å². The average Bonchev–Trinajstić information content (AvgIpc) is 3.00. The molecular weight excluding hydrogens is 358 g/mol. The predicted molar refractivity (Wildman–Crippen MR) is 104 cm³/mol. The Labute approximate surface area is 162 Å². The molecule has 1 atom stereocenters. The van der Waals surface area contributed by atoms with Gasteiger partial charge in [0.15, 0.2) is 0 Å². The summed E-state index contributed by atoms with van der Waals surface area (Å²) >= 11 is 0. The Hall–Kier alpha value is -2.77. The highest BCUT2D eigenvalue weighted by molar-refractivity contribution is 5.92. The normalized spacial score (nSPS) is 21.8. The van der Waals surface area contributed by atoms with Crippen LogP contribution in [0.3, 0.4) is 0 Å². The van der Waals surface area contributed by atoms with E-state index in [1.165, 1.54) is 6.20 Å². The lowest BCUT2D eigenvalue weighted by Gasteiger charge is -2.40. The van der Waals surface area contributed by atoms with Gasteiger partial charge in [0, 0.05) is 35.7 Å². The molecule has 1 amide bonds. The highest BCUT2D eigenvalue weighted by Crippen LogP contribution is 2.43. The summed E-state index contributed by atoms with van der Waals surface area (Å²) in [6.45, 7) is 7.22. The van der Waals surface area contributed by atoms with Crippen molar-refractivity contribution in [2.45, 2.75) is 57.3 Å². The summed E-state index contributed by atoms with van der Waals surface area (Å²) in [6, 6.07) is 0. The van der Waals surface area contributed by atoms with Crippen LogP contribution in [-0.2, 0) is 17.3 Å². The molecule has 0 saturated carbocycles. The quantitative estimate of drug-likeness (QED) is 0.770. The van der Waals surface area contributed by atoms with E-state index >= 15 is 0 Å². The second kappa shape index (κ2) is 6.39. The third-order valence-corrected chi connectivity index (χ3v) is 5.84. The van der Waals surface area contributed by atoms with Gasteiger partial charge in [0.05, 0.1) is 11.9 Å². The lowest BCUT2D eigenvalue weighted by atomic mass is 9.77. The molecule has 1 aliphatic heterocycles. The number of aromatic amines is 2. The monoisotopic (exact) mass is 383 g/mol. The molecule has 1 spiro atoms. The Morgan fingerprint density at radius 2 is 2.04 bits per heavy atom. The van der Waals surface area contributed by atoms with E-state index in [1.807, 2.05) is 20.8 Å². The van der Waals surface area contributed by atoms with Crippen LogP contribution >= 0.6 is 0 Å². The first-order chi connectivity index (χ1) is 13.2. The number of hydrogen-bond acceptors (Lipinski definition) is 5. The Bertz CT molecular complexity index is 1030. The molecule has 8 nitrogen and oxygen atoms in total. The number of fused-ring (bicyclic) bond motifs is 2. The number of aromatic nitrogens is 4. The van der Waals surface area contributed by atoms with Gasteiger partial charge in [0.2, 0.25) is 0 Å². The number of piperidine rings is 1. The number of likely N-dealkylation sites (tertiary alicyclic amines) is 1. The van der Waals surface area contributed by atoms with E-state index in [0.29, 0.717) is 25.3 Å². The maximum atomic E-state index is 12.9. The fourth-order valence-electron chi connectivity index (χ4n) is 4.33. The number of nitrogens with one attached hydrogen (secondary N) is 2. The lowest BCUT2D eigenvalue weighted by Crippen LogP contribution is -2.48. The van der Waals surface area contributed by atoms with E-state index in [0.717, 1.165) is 36.7 Å². The first-order valence-corrected chi connectivity index (χ1v) is 9.68. The highest BCUT2D eigenvalue weighted by Gasteiger charge is 2.46. The van der Waals surface area contributed by atoms with Crippen molar-refractivity contribution in [2.24, 2.45) is 0 Å². The molecule has 2 N–H and O–H groups in total. The number of rotatable bonds is 1. The van der Waals surface area contributed by atoms with Crippen molar-refractivity contribution in [3.05, 3.63) is 55.9 Å². The zero-order chi connectivity index (χ0) is 20.1. The predicted octanol–water partition coefficient (Wildman–Crippen LogP) is 1.27. The molecule has 0 radical (unpaired) electrons. The average molecular weight is 383 g/mol. The van der Waals surface area contributed by atoms with E-state index < -0.39 is 0 Å². The summed E-state index contributed by atoms with van der Waals surface area (Å²) in [5.74, 6) is 0.480. The summed E-state index contributed by atoms with van der Waals surface area (Å²) < 4.78 is 0. The van der Waals surface area contributed by atoms with Crippen molar-refractivity contribution >= 4 is 5.91 Å². The molecule has 2 aliphatic rings. The molecule has 1 fully saturated rings. The first-order valence-electron chi connectivity index (χ1n) is 9.68. The Morgan fingerprint density at radius 1 is 1.25 bits per heavy atom. The van der Waals surface area contributed by atoms with E-state index in [9.17, 15) is 14.4 Å². The minimum absolute atomic E-state index is 0.0578. The Balaban J connectivity index is 1.70. The SMILES string of the molecule is CC(C)(C)c1nc2c(c(=O)[nH]1)CCC21CCCN(C(=O)c2c[nH]c(=O)cn2)C1. The maximum absolute atomic E-state index is 12.9. The van der Waals surface area contributed by atoms with Gasteiger partial charge in [-0.3, -0.25) is 14.4 Å². The summed E-state index contributed by atoms with van der Waals surface area (Å²) in [7, 11) is 0. The third kappa shape index (κ3) is 3.06. The lowest BCUT2D eigenvalue weighted by molar-refractivity contribution is 0.0626. The van der Waals surface area contributed by atoms with Crippen LogP contribution in [0.5, 0.6) is 0 Å². The van der Waals surface area contributed by atoms with Crippen molar-refractivity contribution in [3.8, 4) is 0 Å². The number of amides is 1. The largest absolute Gasteiger partial charge is 0.336 e. The summed E-state index contributed by atoms with van der Waals surface area (Å²) in [5.41, 5.74) is 0.885. The van der Waals surface area contributed by atoms with Crippen LogP contribution in [0.15, 0.2) is 22.0 Å². The second-order valence-electron chi connectivity index (χ2n) is 8.90. The van der Waals surface area contributed by atoms with Crippen LogP contribution in [-0.4, -0.2) is 43.8 Å². The molecule has 4 rings (SSSR count). The van der Waals surface area contributed by atoms with Crippen molar-refractivity contribution in [1.29, 1.82) is 0 Å². The summed E-state index contributed by atoms with van der Waals surface area (Å²) in [6.07, 6.45) is 5.72. The van der Waals surface area contributed by atoms with Gasteiger partial charge in [0.25, 0.3) is 17.0 Å². The molecule has 2 aromatic heterocycles. The molecule has 28 heavy (non-hydrogen) atoms. The van der Waals surface area contributed by atoms with Crippen LogP contribution in [0.2, 0.25) is 0 Å². The van der Waals surface area contributed by atoms with Gasteiger partial charge in [-0.2, -0.15) is 0 Å². The van der Waals surface area contributed by atoms with Crippen molar-refractivity contribution in [2.75, 3.05) is 13.1 Å². The van der Waals surface area contributed by atoms with Gasteiger partial charge in [-0.1, -0.05) is 20.8 Å². The molecule has 3 heterocycles. The standard InChI is InChI=1S/C20H25N5O3/c1-19(2,3)18-23-15-12(16(27)24-18)5-7-20(15)6-4-8-25(11-20)17(28)13-9-22-14(26)10-21-13/h9-10H,4-8,11H2,1-3H3,(H,22,26)(H,23,24,27). The van der Waals surface area contributed by atoms with E-state index in [1.54, 1.807) is 4.90 Å². The minimum Gasteiger partial charge on any atom is -0.336 e. The van der Waals surface area contributed by atoms with Gasteiger partial charge in [-0.25, -0.2) is 9.97 Å². The molecule has 148 valence electrons. The van der Waals surface area contributed by atoms with Crippen LogP contribution in [0.25, 0.3) is 0 Å². The summed E-state index contributed by atoms with van der Waals surface area (Å²) in [4.78, 5) is 52.9. The van der Waals surface area contributed by atoms with Crippen molar-refractivity contribution in [1.82, 2.24) is 24.8 Å². The number of nitrogens with zero attached hydrogens (tertiary/aromatic N) is 3. The van der Waals surface area contributed by atoms with Gasteiger partial charge in [0.1, 0.15) is 11.5 Å². The van der Waals surface area contributed by atoms with E-state index in [-0.39, 0.29) is 33.5 Å². The molecule has 1 aliphatic carbocycles. The zero-order valence-electron chi connectivity index (χ0n) is 16.5. The number of carbonyl (C=O) groups is 1. The number of carbonyl (C=O) groups excluding carboxylic acids is 1. The Morgan fingerprint density at radius 3 is 2.71 bits per heavy atom. The molecule has 0 bridgehead atoms. The van der Waals surface area contributed by atoms with Crippen LogP contribution in [0, 0.1) is 0 Å². The van der Waals surface area contributed by atoms with Gasteiger partial charge >= 0.3 is 0 Å². The summed E-state index contributed by atoms with van der Waals surface area (Å²) in [5, 5.41) is 0. The fourth-order valence-corrected chi connectivity index (χ4v) is 4.33.